The molecule has 0 aromatic carbocycles. The number of anilines is 1. The third-order valence-electron chi connectivity index (χ3n) is 4.70. The molecule has 2 aliphatic heterocycles. The van der Waals surface area contributed by atoms with Crippen LogP contribution in [0, 0.1) is 0 Å². The fraction of sp³-hybridized carbons (Fsp3) is 0.471. The van der Waals surface area contributed by atoms with Crippen LogP contribution in [0.15, 0.2) is 41.5 Å². The lowest BCUT2D eigenvalue weighted by Crippen LogP contribution is -2.50. The van der Waals surface area contributed by atoms with Crippen LogP contribution in [-0.4, -0.2) is 52.1 Å². The van der Waals surface area contributed by atoms with Gasteiger partial charge in [-0.1, -0.05) is 0 Å². The summed E-state index contributed by atoms with van der Waals surface area (Å²) in [7, 11) is 0. The van der Waals surface area contributed by atoms with Crippen LogP contribution in [0.25, 0.3) is 0 Å². The number of hydrogen-bond acceptors (Lipinski definition) is 6. The molecule has 1 spiro atoms. The maximum absolute atomic E-state index is 12.5. The molecule has 0 unspecified atom stereocenters. The number of hydrogen-bond donors (Lipinski definition) is 1. The number of likely N-dealkylation sites (tertiary alicyclic amines) is 1. The number of carbonyl (C=O) groups is 1. The topological polar surface area (TPSA) is 80.5 Å². The number of rotatable bonds is 3. The van der Waals surface area contributed by atoms with Crippen LogP contribution < -0.4 is 5.32 Å². The molecule has 0 aliphatic carbocycles. The first-order valence-electron chi connectivity index (χ1n) is 8.23. The van der Waals surface area contributed by atoms with Gasteiger partial charge in [-0.25, -0.2) is 9.97 Å². The van der Waals surface area contributed by atoms with E-state index < -0.39 is 0 Å². The Hall–Kier alpha value is -2.41. The van der Waals surface area contributed by atoms with Crippen molar-refractivity contribution in [1.29, 1.82) is 0 Å². The summed E-state index contributed by atoms with van der Waals surface area (Å²) in [6, 6.07) is 3.66. The quantitative estimate of drug-likeness (QED) is 0.927. The molecule has 7 heteroatoms. The third-order valence-corrected chi connectivity index (χ3v) is 4.70. The summed E-state index contributed by atoms with van der Waals surface area (Å²) in [6.07, 6.45) is 9.21. The smallest absolute Gasteiger partial charge is 0.257 e. The minimum atomic E-state index is -0.274. The number of furan rings is 1. The largest absolute Gasteiger partial charge is 0.472 e. The number of nitrogens with zero attached hydrogens (tertiary/aromatic N) is 3. The SMILES string of the molecule is O=C(c1ccoc1)N1CCC[C@]2(C[C@@H](Nc3ncccn3)CO2)C1. The molecular weight excluding hydrogens is 308 g/mol. The van der Waals surface area contributed by atoms with Gasteiger partial charge in [0.15, 0.2) is 0 Å². The molecule has 1 amide bonds. The van der Waals surface area contributed by atoms with Crippen LogP contribution in [0.5, 0.6) is 0 Å². The van der Waals surface area contributed by atoms with Crippen LogP contribution in [0.3, 0.4) is 0 Å². The molecule has 4 heterocycles. The number of nitrogens with one attached hydrogen (secondary N) is 1. The Bertz CT molecular complexity index is 691. The zero-order valence-corrected chi connectivity index (χ0v) is 13.4. The summed E-state index contributed by atoms with van der Waals surface area (Å²) < 4.78 is 11.2. The van der Waals surface area contributed by atoms with Gasteiger partial charge >= 0.3 is 0 Å². The highest BCUT2D eigenvalue weighted by atomic mass is 16.5. The predicted molar refractivity (Wildman–Crippen MR) is 86.6 cm³/mol. The lowest BCUT2D eigenvalue weighted by atomic mass is 9.88. The predicted octanol–water partition coefficient (Wildman–Crippen LogP) is 1.95. The Morgan fingerprint density at radius 2 is 2.25 bits per heavy atom. The molecule has 2 aliphatic rings. The molecule has 0 bridgehead atoms. The van der Waals surface area contributed by atoms with Gasteiger partial charge in [-0.15, -0.1) is 0 Å². The highest BCUT2D eigenvalue weighted by Gasteiger charge is 2.44. The molecule has 0 radical (unpaired) electrons. The van der Waals surface area contributed by atoms with Crippen LogP contribution in [0.4, 0.5) is 5.95 Å². The van der Waals surface area contributed by atoms with Crippen molar-refractivity contribution in [2.24, 2.45) is 0 Å². The van der Waals surface area contributed by atoms with Gasteiger partial charge in [0.05, 0.1) is 36.6 Å². The first-order chi connectivity index (χ1) is 11.7. The summed E-state index contributed by atoms with van der Waals surface area (Å²) >= 11 is 0. The van der Waals surface area contributed by atoms with Crippen LogP contribution >= 0.6 is 0 Å². The van der Waals surface area contributed by atoms with Crippen molar-refractivity contribution >= 4 is 11.9 Å². The van der Waals surface area contributed by atoms with Crippen molar-refractivity contribution in [1.82, 2.24) is 14.9 Å². The normalized spacial score (nSPS) is 26.7. The van der Waals surface area contributed by atoms with E-state index in [4.69, 9.17) is 9.15 Å². The third kappa shape index (κ3) is 2.99. The Morgan fingerprint density at radius 1 is 1.38 bits per heavy atom. The Balaban J connectivity index is 1.41. The molecule has 2 saturated heterocycles. The van der Waals surface area contributed by atoms with Gasteiger partial charge < -0.3 is 19.4 Å². The molecule has 24 heavy (non-hydrogen) atoms. The van der Waals surface area contributed by atoms with E-state index in [1.165, 1.54) is 12.5 Å². The van der Waals surface area contributed by atoms with Crippen molar-refractivity contribution in [2.75, 3.05) is 25.0 Å². The van der Waals surface area contributed by atoms with Gasteiger partial charge in [0.1, 0.15) is 6.26 Å². The molecule has 1 N–H and O–H groups in total. The van der Waals surface area contributed by atoms with Crippen LogP contribution in [0.1, 0.15) is 29.6 Å². The molecule has 4 rings (SSSR count). The van der Waals surface area contributed by atoms with Crippen LogP contribution in [0.2, 0.25) is 0 Å². The first-order valence-corrected chi connectivity index (χ1v) is 8.23. The summed E-state index contributed by atoms with van der Waals surface area (Å²) in [4.78, 5) is 22.8. The minimum Gasteiger partial charge on any atom is -0.472 e. The minimum absolute atomic E-state index is 0.00854. The highest BCUT2D eigenvalue weighted by molar-refractivity contribution is 5.93. The number of piperidine rings is 1. The van der Waals surface area contributed by atoms with E-state index in [1.54, 1.807) is 24.5 Å². The second-order valence-electron chi connectivity index (χ2n) is 6.45. The molecule has 2 aromatic heterocycles. The van der Waals surface area contributed by atoms with Crippen molar-refractivity contribution in [2.45, 2.75) is 30.9 Å². The number of amides is 1. The van der Waals surface area contributed by atoms with Crippen molar-refractivity contribution in [3.05, 3.63) is 42.6 Å². The Morgan fingerprint density at radius 3 is 3.04 bits per heavy atom. The van der Waals surface area contributed by atoms with E-state index in [1.807, 2.05) is 4.90 Å². The number of ether oxygens (including phenoxy) is 1. The van der Waals surface area contributed by atoms with Gasteiger partial charge in [-0.2, -0.15) is 0 Å². The molecule has 2 aromatic rings. The monoisotopic (exact) mass is 328 g/mol. The maximum Gasteiger partial charge on any atom is 0.257 e. The summed E-state index contributed by atoms with van der Waals surface area (Å²) in [5.41, 5.74) is 0.321. The average Bonchev–Trinajstić information content (AvgIpc) is 3.26. The second kappa shape index (κ2) is 6.24. The fourth-order valence-electron chi connectivity index (χ4n) is 3.62. The Labute approximate surface area is 140 Å². The molecule has 7 nitrogen and oxygen atoms in total. The molecular formula is C17H20N4O3. The van der Waals surface area contributed by atoms with E-state index in [0.717, 1.165) is 25.8 Å². The zero-order chi connectivity index (χ0) is 16.4. The van der Waals surface area contributed by atoms with Crippen LogP contribution in [-0.2, 0) is 4.74 Å². The number of carbonyl (C=O) groups excluding carboxylic acids is 1. The lowest BCUT2D eigenvalue weighted by Gasteiger charge is -2.39. The first kappa shape index (κ1) is 15.1. The maximum atomic E-state index is 12.5. The highest BCUT2D eigenvalue weighted by Crippen LogP contribution is 2.36. The van der Waals surface area contributed by atoms with Gasteiger partial charge in [-0.05, 0) is 25.0 Å². The van der Waals surface area contributed by atoms with Gasteiger partial charge in [-0.3, -0.25) is 4.79 Å². The molecule has 126 valence electrons. The molecule has 2 fully saturated rings. The van der Waals surface area contributed by atoms with E-state index in [2.05, 4.69) is 15.3 Å². The number of aromatic nitrogens is 2. The van der Waals surface area contributed by atoms with Crippen molar-refractivity contribution in [3.8, 4) is 0 Å². The molecule has 0 saturated carbocycles. The lowest BCUT2D eigenvalue weighted by molar-refractivity contribution is -0.0447. The summed E-state index contributed by atoms with van der Waals surface area (Å²) in [6.45, 7) is 1.98. The molecule has 2 atom stereocenters. The van der Waals surface area contributed by atoms with Crippen molar-refractivity contribution in [3.63, 3.8) is 0 Å². The standard InChI is InChI=1S/C17H20N4O3/c22-15(13-3-8-23-10-13)21-7-1-4-17(12-21)9-14(11-24-17)20-16-18-5-2-6-19-16/h2-3,5-6,8,10,14H,1,4,7,9,11-12H2,(H,18,19,20)/t14-,17+/m1/s1. The van der Waals surface area contributed by atoms with Gasteiger partial charge in [0.25, 0.3) is 5.91 Å². The summed E-state index contributed by atoms with van der Waals surface area (Å²) in [5.74, 6) is 0.625. The average molecular weight is 328 g/mol. The Kier molecular flexibility index (Phi) is 3.93. The van der Waals surface area contributed by atoms with Gasteiger partial charge in [0, 0.05) is 25.4 Å². The van der Waals surface area contributed by atoms with E-state index in [9.17, 15) is 4.79 Å². The fourth-order valence-corrected chi connectivity index (χ4v) is 3.62. The second-order valence-corrected chi connectivity index (χ2v) is 6.45. The summed E-state index contributed by atoms with van der Waals surface area (Å²) in [5, 5.41) is 3.32. The van der Waals surface area contributed by atoms with Crippen molar-refractivity contribution < 1.29 is 13.9 Å². The van der Waals surface area contributed by atoms with E-state index in [-0.39, 0.29) is 17.6 Å². The van der Waals surface area contributed by atoms with Gasteiger partial charge in [0.2, 0.25) is 5.95 Å². The van der Waals surface area contributed by atoms with E-state index >= 15 is 0 Å². The van der Waals surface area contributed by atoms with E-state index in [0.29, 0.717) is 24.7 Å². The zero-order valence-electron chi connectivity index (χ0n) is 13.4.